The molecule has 0 bridgehead atoms. The third-order valence-corrected chi connectivity index (χ3v) is 1.92. The Hall–Kier alpha value is -2.01. The van der Waals surface area contributed by atoms with E-state index in [-0.39, 0.29) is 0 Å². The van der Waals surface area contributed by atoms with Gasteiger partial charge in [0, 0.05) is 18.0 Å². The number of anilines is 1. The van der Waals surface area contributed by atoms with Gasteiger partial charge in [-0.1, -0.05) is 6.07 Å². The summed E-state index contributed by atoms with van der Waals surface area (Å²) < 4.78 is 0. The zero-order chi connectivity index (χ0) is 10.7. The Morgan fingerprint density at radius 2 is 2.07 bits per heavy atom. The molecule has 15 heavy (non-hydrogen) atoms. The number of nitrogens with zero attached hydrogens (tertiary/aromatic N) is 3. The van der Waals surface area contributed by atoms with Crippen LogP contribution in [0.25, 0.3) is 11.5 Å². The van der Waals surface area contributed by atoms with Crippen molar-refractivity contribution in [1.82, 2.24) is 15.0 Å². The van der Waals surface area contributed by atoms with Gasteiger partial charge in [0.2, 0.25) is 0 Å². The van der Waals surface area contributed by atoms with Crippen molar-refractivity contribution in [1.29, 1.82) is 0 Å². The Balaban J connectivity index is 2.44. The van der Waals surface area contributed by atoms with E-state index in [2.05, 4.69) is 20.4 Å². The van der Waals surface area contributed by atoms with Crippen LogP contribution in [0.4, 0.5) is 5.82 Å². The van der Waals surface area contributed by atoms with Crippen molar-refractivity contribution in [3.63, 3.8) is 0 Å². The molecule has 5 nitrogen and oxygen atoms in total. The molecule has 2 aromatic rings. The monoisotopic (exact) mass is 201 g/mol. The van der Waals surface area contributed by atoms with Gasteiger partial charge in [0.1, 0.15) is 11.5 Å². The van der Waals surface area contributed by atoms with Crippen LogP contribution in [-0.2, 0) is 0 Å². The highest BCUT2D eigenvalue weighted by Gasteiger charge is 2.03. The Morgan fingerprint density at radius 3 is 2.80 bits per heavy atom. The summed E-state index contributed by atoms with van der Waals surface area (Å²) in [6, 6.07) is 7.40. The number of hydrazine groups is 1. The van der Waals surface area contributed by atoms with Gasteiger partial charge in [-0.3, -0.25) is 0 Å². The SMILES string of the molecule is Cc1cccc(-c2nccc(NN)n2)n1. The van der Waals surface area contributed by atoms with Gasteiger partial charge in [-0.15, -0.1) is 0 Å². The molecule has 2 rings (SSSR count). The van der Waals surface area contributed by atoms with Crippen molar-refractivity contribution in [2.24, 2.45) is 5.84 Å². The largest absolute Gasteiger partial charge is 0.308 e. The highest BCUT2D eigenvalue weighted by atomic mass is 15.3. The Labute approximate surface area is 87.4 Å². The lowest BCUT2D eigenvalue weighted by molar-refractivity contribution is 1.10. The van der Waals surface area contributed by atoms with Gasteiger partial charge < -0.3 is 5.43 Å². The summed E-state index contributed by atoms with van der Waals surface area (Å²) >= 11 is 0. The molecule has 2 aromatic heterocycles. The first-order chi connectivity index (χ1) is 7.29. The molecule has 0 amide bonds. The van der Waals surface area contributed by atoms with Crippen molar-refractivity contribution >= 4 is 5.82 Å². The summed E-state index contributed by atoms with van der Waals surface area (Å²) in [6.07, 6.45) is 1.64. The van der Waals surface area contributed by atoms with E-state index in [1.807, 2.05) is 25.1 Å². The molecule has 0 atom stereocenters. The highest BCUT2D eigenvalue weighted by Crippen LogP contribution is 2.13. The minimum Gasteiger partial charge on any atom is -0.308 e. The average molecular weight is 201 g/mol. The number of pyridine rings is 1. The molecule has 0 fully saturated rings. The first-order valence-electron chi connectivity index (χ1n) is 4.53. The first kappa shape index (κ1) is 9.54. The second kappa shape index (κ2) is 4.02. The maximum absolute atomic E-state index is 5.27. The minimum absolute atomic E-state index is 0.564. The normalized spacial score (nSPS) is 10.0. The average Bonchev–Trinajstić information content (AvgIpc) is 2.29. The number of rotatable bonds is 2. The van der Waals surface area contributed by atoms with Gasteiger partial charge in [-0.05, 0) is 19.1 Å². The zero-order valence-electron chi connectivity index (χ0n) is 8.31. The molecule has 0 aliphatic carbocycles. The molecule has 76 valence electrons. The van der Waals surface area contributed by atoms with Crippen LogP contribution in [0.1, 0.15) is 5.69 Å². The standard InChI is InChI=1S/C10H11N5/c1-7-3-2-4-8(13-7)10-12-6-5-9(14-10)15-11/h2-6H,11H2,1H3,(H,12,14,15). The molecule has 0 unspecified atom stereocenters. The summed E-state index contributed by atoms with van der Waals surface area (Å²) in [5.41, 5.74) is 4.15. The van der Waals surface area contributed by atoms with Gasteiger partial charge in [0.05, 0.1) is 0 Å². The topological polar surface area (TPSA) is 76.7 Å². The number of aromatic nitrogens is 3. The van der Waals surface area contributed by atoms with Crippen LogP contribution in [0.5, 0.6) is 0 Å². The van der Waals surface area contributed by atoms with Gasteiger partial charge >= 0.3 is 0 Å². The van der Waals surface area contributed by atoms with Crippen molar-refractivity contribution in [2.45, 2.75) is 6.92 Å². The Morgan fingerprint density at radius 1 is 1.20 bits per heavy atom. The van der Waals surface area contributed by atoms with Gasteiger partial charge in [0.25, 0.3) is 0 Å². The molecular formula is C10H11N5. The molecule has 2 heterocycles. The zero-order valence-corrected chi connectivity index (χ0v) is 8.31. The summed E-state index contributed by atoms with van der Waals surface area (Å²) in [5, 5.41) is 0. The summed E-state index contributed by atoms with van der Waals surface area (Å²) in [5.74, 6) is 6.40. The highest BCUT2D eigenvalue weighted by molar-refractivity contribution is 5.51. The number of nitrogens with one attached hydrogen (secondary N) is 1. The van der Waals surface area contributed by atoms with E-state index in [1.54, 1.807) is 12.3 Å². The van der Waals surface area contributed by atoms with Crippen LogP contribution in [0.2, 0.25) is 0 Å². The first-order valence-corrected chi connectivity index (χ1v) is 4.53. The minimum atomic E-state index is 0.564. The van der Waals surface area contributed by atoms with Gasteiger partial charge in [-0.25, -0.2) is 20.8 Å². The lowest BCUT2D eigenvalue weighted by atomic mass is 10.3. The fraction of sp³-hybridized carbons (Fsp3) is 0.100. The van der Waals surface area contributed by atoms with Crippen molar-refractivity contribution in [3.8, 4) is 11.5 Å². The Bertz CT molecular complexity index is 469. The summed E-state index contributed by atoms with van der Waals surface area (Å²) in [7, 11) is 0. The summed E-state index contributed by atoms with van der Waals surface area (Å²) in [6.45, 7) is 1.93. The lowest BCUT2D eigenvalue weighted by Crippen LogP contribution is -2.09. The molecule has 5 heteroatoms. The molecule has 0 aliphatic heterocycles. The smallest absolute Gasteiger partial charge is 0.180 e. The van der Waals surface area contributed by atoms with E-state index in [1.165, 1.54) is 0 Å². The maximum atomic E-state index is 5.27. The van der Waals surface area contributed by atoms with E-state index in [0.29, 0.717) is 11.6 Å². The van der Waals surface area contributed by atoms with E-state index >= 15 is 0 Å². The Kier molecular flexibility index (Phi) is 2.55. The van der Waals surface area contributed by atoms with Crippen LogP contribution in [0.3, 0.4) is 0 Å². The fourth-order valence-electron chi connectivity index (χ4n) is 1.23. The number of nitrogens with two attached hydrogens (primary N) is 1. The third kappa shape index (κ3) is 2.08. The predicted octanol–water partition coefficient (Wildman–Crippen LogP) is 1.13. The van der Waals surface area contributed by atoms with E-state index in [4.69, 9.17) is 5.84 Å². The predicted molar refractivity (Wildman–Crippen MR) is 57.8 cm³/mol. The molecular weight excluding hydrogens is 190 g/mol. The van der Waals surface area contributed by atoms with E-state index in [9.17, 15) is 0 Å². The fourth-order valence-corrected chi connectivity index (χ4v) is 1.23. The van der Waals surface area contributed by atoms with Crippen molar-refractivity contribution in [3.05, 3.63) is 36.2 Å². The second-order valence-corrected chi connectivity index (χ2v) is 3.07. The second-order valence-electron chi connectivity index (χ2n) is 3.07. The van der Waals surface area contributed by atoms with Crippen molar-refractivity contribution in [2.75, 3.05) is 5.43 Å². The van der Waals surface area contributed by atoms with Crippen LogP contribution < -0.4 is 11.3 Å². The molecule has 0 radical (unpaired) electrons. The van der Waals surface area contributed by atoms with Gasteiger partial charge in [0.15, 0.2) is 5.82 Å². The maximum Gasteiger partial charge on any atom is 0.180 e. The lowest BCUT2D eigenvalue weighted by Gasteiger charge is -2.02. The molecule has 0 saturated heterocycles. The number of hydrogen-bond donors (Lipinski definition) is 2. The quantitative estimate of drug-likeness (QED) is 0.562. The van der Waals surface area contributed by atoms with Crippen LogP contribution >= 0.6 is 0 Å². The molecule has 0 spiro atoms. The number of aryl methyl sites for hydroxylation is 1. The third-order valence-electron chi connectivity index (χ3n) is 1.92. The van der Waals surface area contributed by atoms with Crippen LogP contribution in [0, 0.1) is 6.92 Å². The molecule has 3 N–H and O–H groups in total. The van der Waals surface area contributed by atoms with E-state index in [0.717, 1.165) is 11.4 Å². The molecule has 0 aromatic carbocycles. The molecule has 0 saturated carbocycles. The van der Waals surface area contributed by atoms with Gasteiger partial charge in [-0.2, -0.15) is 0 Å². The van der Waals surface area contributed by atoms with Crippen LogP contribution in [0.15, 0.2) is 30.5 Å². The number of nitrogen functional groups attached to an aromatic ring is 1. The van der Waals surface area contributed by atoms with Crippen molar-refractivity contribution < 1.29 is 0 Å². The molecule has 0 aliphatic rings. The van der Waals surface area contributed by atoms with Crippen LogP contribution in [-0.4, -0.2) is 15.0 Å². The van der Waals surface area contributed by atoms with E-state index < -0.39 is 0 Å². The number of hydrogen-bond acceptors (Lipinski definition) is 5. The summed E-state index contributed by atoms with van der Waals surface area (Å²) in [4.78, 5) is 12.6.